The first-order valence-corrected chi connectivity index (χ1v) is 8.78. The quantitative estimate of drug-likeness (QED) is 0.751. The first-order chi connectivity index (χ1) is 12.4. The summed E-state index contributed by atoms with van der Waals surface area (Å²) >= 11 is 0. The van der Waals surface area contributed by atoms with Gasteiger partial charge in [-0.15, -0.1) is 0 Å². The van der Waals surface area contributed by atoms with E-state index in [1.165, 1.54) is 18.4 Å². The van der Waals surface area contributed by atoms with Gasteiger partial charge in [0, 0.05) is 38.1 Å². The van der Waals surface area contributed by atoms with Crippen LogP contribution in [0.1, 0.15) is 18.4 Å². The van der Waals surface area contributed by atoms with Crippen LogP contribution in [-0.4, -0.2) is 39.4 Å². The van der Waals surface area contributed by atoms with Gasteiger partial charge in [-0.2, -0.15) is 5.10 Å². The van der Waals surface area contributed by atoms with Crippen molar-refractivity contribution in [2.75, 3.05) is 29.9 Å². The Bertz CT molecular complexity index is 791. The van der Waals surface area contributed by atoms with Crippen molar-refractivity contribution in [1.29, 1.82) is 0 Å². The van der Waals surface area contributed by atoms with E-state index in [2.05, 4.69) is 49.5 Å². The van der Waals surface area contributed by atoms with Crippen molar-refractivity contribution in [3.8, 4) is 5.69 Å². The lowest BCUT2D eigenvalue weighted by molar-refractivity contribution is 0.878. The van der Waals surface area contributed by atoms with Crippen molar-refractivity contribution in [2.45, 2.75) is 19.3 Å². The zero-order valence-electron chi connectivity index (χ0n) is 14.2. The molecule has 3 heterocycles. The zero-order valence-corrected chi connectivity index (χ0v) is 14.2. The van der Waals surface area contributed by atoms with Crippen LogP contribution in [0.4, 0.5) is 11.6 Å². The Labute approximate surface area is 147 Å². The first-order valence-electron chi connectivity index (χ1n) is 8.78. The molecule has 6 heteroatoms. The Hall–Kier alpha value is -2.89. The van der Waals surface area contributed by atoms with Crippen molar-refractivity contribution >= 4 is 11.6 Å². The highest BCUT2D eigenvalue weighted by Crippen LogP contribution is 2.19. The number of hydrogen-bond donors (Lipinski definition) is 1. The van der Waals surface area contributed by atoms with Crippen LogP contribution >= 0.6 is 0 Å². The number of benzene rings is 1. The molecule has 0 spiro atoms. The molecular weight excluding hydrogens is 312 g/mol. The maximum atomic E-state index is 4.39. The van der Waals surface area contributed by atoms with Crippen LogP contribution in [0, 0.1) is 0 Å². The van der Waals surface area contributed by atoms with Crippen LogP contribution in [0.5, 0.6) is 0 Å². The SMILES string of the molecule is c1cnn(-c2ccc(CCNc3cc(N4CCCC4)ncn3)cc2)c1. The zero-order chi connectivity index (χ0) is 16.9. The van der Waals surface area contributed by atoms with Gasteiger partial charge in [0.2, 0.25) is 0 Å². The van der Waals surface area contributed by atoms with Crippen molar-refractivity contribution in [1.82, 2.24) is 19.7 Å². The van der Waals surface area contributed by atoms with Crippen molar-refractivity contribution in [2.24, 2.45) is 0 Å². The molecule has 25 heavy (non-hydrogen) atoms. The fraction of sp³-hybridized carbons (Fsp3) is 0.316. The third-order valence-electron chi connectivity index (χ3n) is 4.51. The summed E-state index contributed by atoms with van der Waals surface area (Å²) in [5, 5.41) is 7.65. The summed E-state index contributed by atoms with van der Waals surface area (Å²) in [4.78, 5) is 11.0. The maximum Gasteiger partial charge on any atom is 0.134 e. The molecule has 2 aromatic heterocycles. The highest BCUT2D eigenvalue weighted by Gasteiger charge is 2.13. The molecule has 0 bridgehead atoms. The molecule has 0 amide bonds. The number of hydrogen-bond acceptors (Lipinski definition) is 5. The molecule has 1 aliphatic heterocycles. The van der Waals surface area contributed by atoms with Crippen LogP contribution in [-0.2, 0) is 6.42 Å². The molecule has 1 fully saturated rings. The highest BCUT2D eigenvalue weighted by atomic mass is 15.3. The second-order valence-electron chi connectivity index (χ2n) is 6.25. The molecule has 1 aliphatic rings. The lowest BCUT2D eigenvalue weighted by atomic mass is 10.1. The molecule has 0 radical (unpaired) electrons. The monoisotopic (exact) mass is 334 g/mol. The van der Waals surface area contributed by atoms with Gasteiger partial charge >= 0.3 is 0 Å². The van der Waals surface area contributed by atoms with E-state index < -0.39 is 0 Å². The van der Waals surface area contributed by atoms with Crippen LogP contribution in [0.25, 0.3) is 5.69 Å². The summed E-state index contributed by atoms with van der Waals surface area (Å²) in [6.07, 6.45) is 8.83. The number of aromatic nitrogens is 4. The molecule has 128 valence electrons. The van der Waals surface area contributed by atoms with Crippen LogP contribution < -0.4 is 10.2 Å². The Balaban J connectivity index is 1.32. The summed E-state index contributed by atoms with van der Waals surface area (Å²) in [5.74, 6) is 1.92. The van der Waals surface area contributed by atoms with E-state index in [-0.39, 0.29) is 0 Å². The molecule has 1 saturated heterocycles. The molecular formula is C19H22N6. The van der Waals surface area contributed by atoms with Gasteiger partial charge in [-0.05, 0) is 43.0 Å². The number of rotatable bonds is 6. The number of anilines is 2. The van der Waals surface area contributed by atoms with Crippen molar-refractivity contribution in [3.05, 3.63) is 60.7 Å². The molecule has 0 saturated carbocycles. The first kappa shape index (κ1) is 15.6. The molecule has 1 N–H and O–H groups in total. The van der Waals surface area contributed by atoms with Gasteiger partial charge < -0.3 is 10.2 Å². The Kier molecular flexibility index (Phi) is 4.59. The minimum absolute atomic E-state index is 0.845. The molecule has 1 aromatic carbocycles. The fourth-order valence-electron chi connectivity index (χ4n) is 3.13. The Morgan fingerprint density at radius 1 is 1.04 bits per heavy atom. The lowest BCUT2D eigenvalue weighted by Gasteiger charge is -2.16. The smallest absolute Gasteiger partial charge is 0.134 e. The van der Waals surface area contributed by atoms with Crippen LogP contribution in [0.15, 0.2) is 55.1 Å². The van der Waals surface area contributed by atoms with E-state index in [1.54, 1.807) is 12.5 Å². The van der Waals surface area contributed by atoms with E-state index >= 15 is 0 Å². The third-order valence-corrected chi connectivity index (χ3v) is 4.51. The summed E-state index contributed by atoms with van der Waals surface area (Å²) in [6, 6.07) is 12.5. The van der Waals surface area contributed by atoms with Gasteiger partial charge in [-0.3, -0.25) is 0 Å². The fourth-order valence-corrected chi connectivity index (χ4v) is 3.13. The second-order valence-corrected chi connectivity index (χ2v) is 6.25. The summed E-state index contributed by atoms with van der Waals surface area (Å²) in [7, 11) is 0. The average Bonchev–Trinajstić information content (AvgIpc) is 3.37. The second kappa shape index (κ2) is 7.34. The van der Waals surface area contributed by atoms with Crippen LogP contribution in [0.2, 0.25) is 0 Å². The predicted octanol–water partition coefficient (Wildman–Crippen LogP) is 2.92. The number of nitrogens with zero attached hydrogens (tertiary/aromatic N) is 5. The lowest BCUT2D eigenvalue weighted by Crippen LogP contribution is -2.19. The molecule has 0 unspecified atom stereocenters. The average molecular weight is 334 g/mol. The molecule has 0 aliphatic carbocycles. The topological polar surface area (TPSA) is 58.9 Å². The Morgan fingerprint density at radius 3 is 2.64 bits per heavy atom. The van der Waals surface area contributed by atoms with Gasteiger partial charge in [-0.1, -0.05) is 12.1 Å². The normalized spacial score (nSPS) is 14.0. The van der Waals surface area contributed by atoms with E-state index in [0.717, 1.165) is 43.4 Å². The minimum atomic E-state index is 0.845. The van der Waals surface area contributed by atoms with E-state index in [1.807, 2.05) is 23.0 Å². The van der Waals surface area contributed by atoms with E-state index in [9.17, 15) is 0 Å². The summed E-state index contributed by atoms with van der Waals surface area (Å²) < 4.78 is 1.86. The standard InChI is InChI=1S/C19H22N6/c1-2-12-24(11-1)19-14-18(21-15-22-19)20-10-8-16-4-6-17(7-5-16)25-13-3-9-23-25/h3-7,9,13-15H,1-2,8,10-12H2,(H,20,21,22). The van der Waals surface area contributed by atoms with E-state index in [4.69, 9.17) is 0 Å². The van der Waals surface area contributed by atoms with Gasteiger partial charge in [0.25, 0.3) is 0 Å². The van der Waals surface area contributed by atoms with Crippen LogP contribution in [0.3, 0.4) is 0 Å². The highest BCUT2D eigenvalue weighted by molar-refractivity contribution is 5.49. The minimum Gasteiger partial charge on any atom is -0.370 e. The van der Waals surface area contributed by atoms with Gasteiger partial charge in [0.1, 0.15) is 18.0 Å². The van der Waals surface area contributed by atoms with Gasteiger partial charge in [-0.25, -0.2) is 14.6 Å². The van der Waals surface area contributed by atoms with Crippen molar-refractivity contribution in [3.63, 3.8) is 0 Å². The summed E-state index contributed by atoms with van der Waals surface area (Å²) in [5.41, 5.74) is 2.37. The van der Waals surface area contributed by atoms with Gasteiger partial charge in [0.05, 0.1) is 5.69 Å². The molecule has 6 nitrogen and oxygen atoms in total. The van der Waals surface area contributed by atoms with Crippen molar-refractivity contribution < 1.29 is 0 Å². The van der Waals surface area contributed by atoms with Gasteiger partial charge in [0.15, 0.2) is 0 Å². The summed E-state index contributed by atoms with van der Waals surface area (Å²) in [6.45, 7) is 3.04. The molecule has 0 atom stereocenters. The van der Waals surface area contributed by atoms with E-state index in [0.29, 0.717) is 0 Å². The number of nitrogens with one attached hydrogen (secondary N) is 1. The maximum absolute atomic E-state index is 4.39. The Morgan fingerprint density at radius 2 is 1.88 bits per heavy atom. The molecule has 4 rings (SSSR count). The molecule has 3 aromatic rings. The third kappa shape index (κ3) is 3.79. The largest absolute Gasteiger partial charge is 0.370 e. The predicted molar refractivity (Wildman–Crippen MR) is 99.2 cm³/mol.